The van der Waals surface area contributed by atoms with Gasteiger partial charge in [0.25, 0.3) is 0 Å². The van der Waals surface area contributed by atoms with Gasteiger partial charge in [-0.1, -0.05) is 18.9 Å². The van der Waals surface area contributed by atoms with E-state index in [-0.39, 0.29) is 5.25 Å². The van der Waals surface area contributed by atoms with Gasteiger partial charge in [0.2, 0.25) is 5.89 Å². The second-order valence-electron chi connectivity index (χ2n) is 5.70. The summed E-state index contributed by atoms with van der Waals surface area (Å²) in [7, 11) is -3.22. The molecule has 1 N–H and O–H groups in total. The van der Waals surface area contributed by atoms with Crippen LogP contribution in [0.5, 0.6) is 0 Å². The van der Waals surface area contributed by atoms with Crippen molar-refractivity contribution in [2.75, 3.05) is 5.32 Å². The van der Waals surface area contributed by atoms with E-state index in [1.807, 2.05) is 13.0 Å². The van der Waals surface area contributed by atoms with E-state index in [0.29, 0.717) is 17.3 Å². The third-order valence-corrected chi connectivity index (χ3v) is 6.28. The first-order valence-electron chi connectivity index (χ1n) is 7.55. The summed E-state index contributed by atoms with van der Waals surface area (Å²) in [5, 5.41) is 2.93. The Morgan fingerprint density at radius 2 is 2.09 bits per heavy atom. The molecule has 1 saturated carbocycles. The van der Waals surface area contributed by atoms with Gasteiger partial charge >= 0.3 is 0 Å². The number of nitrogens with zero attached hydrogens (tertiary/aromatic N) is 1. The van der Waals surface area contributed by atoms with Crippen molar-refractivity contribution in [3.8, 4) is 0 Å². The molecule has 1 heterocycles. The predicted octanol–water partition coefficient (Wildman–Crippen LogP) is 3.31. The van der Waals surface area contributed by atoms with Gasteiger partial charge in [-0.25, -0.2) is 13.4 Å². The van der Waals surface area contributed by atoms with E-state index in [2.05, 4.69) is 10.3 Å². The van der Waals surface area contributed by atoms with Gasteiger partial charge in [-0.3, -0.25) is 0 Å². The topological polar surface area (TPSA) is 72.2 Å². The van der Waals surface area contributed by atoms with Crippen LogP contribution in [0.4, 0.5) is 5.69 Å². The van der Waals surface area contributed by atoms with Gasteiger partial charge in [-0.05, 0) is 38.0 Å². The van der Waals surface area contributed by atoms with Gasteiger partial charge in [-0.2, -0.15) is 0 Å². The van der Waals surface area contributed by atoms with Crippen molar-refractivity contribution < 1.29 is 12.8 Å². The highest BCUT2D eigenvalue weighted by Gasteiger charge is 2.30. The monoisotopic (exact) mass is 320 g/mol. The number of hydrogen-bond acceptors (Lipinski definition) is 5. The molecule has 0 atom stereocenters. The maximum atomic E-state index is 12.6. The smallest absolute Gasteiger partial charge is 0.213 e. The zero-order valence-corrected chi connectivity index (χ0v) is 13.4. The van der Waals surface area contributed by atoms with Crippen LogP contribution < -0.4 is 5.32 Å². The molecule has 0 spiro atoms. The number of benzene rings is 1. The maximum absolute atomic E-state index is 12.6. The average Bonchev–Trinajstić information content (AvgIpc) is 3.17. The quantitative estimate of drug-likeness (QED) is 0.915. The standard InChI is InChI=1S/C16H20N2O3S/c1-12-10-18-16(21-12)11-17-13-5-4-8-15(9-13)22(19,20)14-6-2-3-7-14/h4-5,8-10,14,17H,2-3,6-7,11H2,1H3. The van der Waals surface area contributed by atoms with Crippen molar-refractivity contribution in [1.82, 2.24) is 4.98 Å². The van der Waals surface area contributed by atoms with E-state index in [0.717, 1.165) is 37.1 Å². The number of rotatable bonds is 5. The molecule has 22 heavy (non-hydrogen) atoms. The normalized spacial score (nSPS) is 16.0. The molecule has 5 nitrogen and oxygen atoms in total. The lowest BCUT2D eigenvalue weighted by Crippen LogP contribution is -2.17. The highest BCUT2D eigenvalue weighted by molar-refractivity contribution is 7.92. The van der Waals surface area contributed by atoms with Crippen molar-refractivity contribution in [2.45, 2.75) is 49.3 Å². The number of anilines is 1. The SMILES string of the molecule is Cc1cnc(CNc2cccc(S(=O)(=O)C3CCCC3)c2)o1. The van der Waals surface area contributed by atoms with Crippen LogP contribution in [0.3, 0.4) is 0 Å². The first-order chi connectivity index (χ1) is 10.6. The van der Waals surface area contributed by atoms with E-state index in [4.69, 9.17) is 4.42 Å². The number of sulfone groups is 1. The van der Waals surface area contributed by atoms with Crippen LogP contribution in [0.2, 0.25) is 0 Å². The molecule has 0 radical (unpaired) electrons. The summed E-state index contributed by atoms with van der Waals surface area (Å²) in [6.45, 7) is 2.27. The molecule has 0 amide bonds. The summed E-state index contributed by atoms with van der Waals surface area (Å²) in [6.07, 6.45) is 5.22. The fourth-order valence-corrected chi connectivity index (χ4v) is 4.73. The Hall–Kier alpha value is -1.82. The minimum Gasteiger partial charge on any atom is -0.444 e. The van der Waals surface area contributed by atoms with Crippen molar-refractivity contribution in [3.63, 3.8) is 0 Å². The molecule has 0 aliphatic heterocycles. The summed E-state index contributed by atoms with van der Waals surface area (Å²) in [5.41, 5.74) is 0.759. The highest BCUT2D eigenvalue weighted by atomic mass is 32.2. The Bertz CT molecular complexity index is 746. The van der Waals surface area contributed by atoms with Gasteiger partial charge in [0.1, 0.15) is 5.76 Å². The summed E-state index contributed by atoms with van der Waals surface area (Å²) in [5.74, 6) is 1.34. The van der Waals surface area contributed by atoms with Crippen LogP contribution in [0.25, 0.3) is 0 Å². The van der Waals surface area contributed by atoms with Gasteiger partial charge in [0, 0.05) is 5.69 Å². The molecule has 0 unspecified atom stereocenters. The molecule has 2 aromatic rings. The second kappa shape index (κ2) is 6.12. The fraction of sp³-hybridized carbons (Fsp3) is 0.438. The molecule has 1 aromatic carbocycles. The number of oxazole rings is 1. The average molecular weight is 320 g/mol. The molecule has 0 bridgehead atoms. The Morgan fingerprint density at radius 3 is 2.77 bits per heavy atom. The van der Waals surface area contributed by atoms with Crippen LogP contribution in [-0.2, 0) is 16.4 Å². The molecule has 6 heteroatoms. The third-order valence-electron chi connectivity index (χ3n) is 4.02. The molecular weight excluding hydrogens is 300 g/mol. The maximum Gasteiger partial charge on any atom is 0.213 e. The summed E-state index contributed by atoms with van der Waals surface area (Å²) in [6, 6.07) is 6.99. The summed E-state index contributed by atoms with van der Waals surface area (Å²) < 4.78 is 30.6. The Labute approximate surface area is 130 Å². The fourth-order valence-electron chi connectivity index (χ4n) is 2.83. The van der Waals surface area contributed by atoms with E-state index >= 15 is 0 Å². The number of nitrogens with one attached hydrogen (secondary N) is 1. The Morgan fingerprint density at radius 1 is 1.32 bits per heavy atom. The van der Waals surface area contributed by atoms with Crippen LogP contribution in [0.1, 0.15) is 37.3 Å². The van der Waals surface area contributed by atoms with Crippen molar-refractivity contribution in [3.05, 3.63) is 42.1 Å². The molecule has 118 valence electrons. The van der Waals surface area contributed by atoms with Crippen LogP contribution in [0, 0.1) is 6.92 Å². The minimum absolute atomic E-state index is 0.225. The Kier molecular flexibility index (Phi) is 4.20. The summed E-state index contributed by atoms with van der Waals surface area (Å²) in [4.78, 5) is 4.51. The van der Waals surface area contributed by atoms with Crippen LogP contribution in [0.15, 0.2) is 39.8 Å². The largest absolute Gasteiger partial charge is 0.444 e. The highest BCUT2D eigenvalue weighted by Crippen LogP contribution is 2.30. The molecule has 1 aliphatic carbocycles. The van der Waals surface area contributed by atoms with Crippen molar-refractivity contribution in [2.24, 2.45) is 0 Å². The molecule has 0 saturated heterocycles. The lowest BCUT2D eigenvalue weighted by Gasteiger charge is -2.12. The Balaban J connectivity index is 1.74. The first kappa shape index (κ1) is 15.1. The van der Waals surface area contributed by atoms with Crippen molar-refractivity contribution >= 4 is 15.5 Å². The third kappa shape index (κ3) is 3.16. The second-order valence-corrected chi connectivity index (χ2v) is 7.93. The molecule has 1 aromatic heterocycles. The van der Waals surface area contributed by atoms with E-state index in [1.165, 1.54) is 0 Å². The zero-order chi connectivity index (χ0) is 15.6. The molecule has 1 fully saturated rings. The lowest BCUT2D eigenvalue weighted by atomic mass is 10.3. The van der Waals surface area contributed by atoms with E-state index < -0.39 is 9.84 Å². The molecule has 1 aliphatic rings. The van der Waals surface area contributed by atoms with Gasteiger partial charge < -0.3 is 9.73 Å². The van der Waals surface area contributed by atoms with E-state index in [9.17, 15) is 8.42 Å². The number of hydrogen-bond donors (Lipinski definition) is 1. The van der Waals surface area contributed by atoms with Gasteiger partial charge in [0.05, 0.1) is 22.9 Å². The molecular formula is C16H20N2O3S. The van der Waals surface area contributed by atoms with Crippen molar-refractivity contribution in [1.29, 1.82) is 0 Å². The lowest BCUT2D eigenvalue weighted by molar-refractivity contribution is 0.479. The molecule has 3 rings (SSSR count). The van der Waals surface area contributed by atoms with Crippen LogP contribution >= 0.6 is 0 Å². The van der Waals surface area contributed by atoms with E-state index in [1.54, 1.807) is 24.4 Å². The minimum atomic E-state index is -3.22. The number of aryl methyl sites for hydroxylation is 1. The predicted molar refractivity (Wildman–Crippen MR) is 84.5 cm³/mol. The van der Waals surface area contributed by atoms with Crippen LogP contribution in [-0.4, -0.2) is 18.7 Å². The summed E-state index contributed by atoms with van der Waals surface area (Å²) >= 11 is 0. The first-order valence-corrected chi connectivity index (χ1v) is 9.09. The number of aromatic nitrogens is 1. The van der Waals surface area contributed by atoms with Gasteiger partial charge in [0.15, 0.2) is 9.84 Å². The van der Waals surface area contributed by atoms with Gasteiger partial charge in [-0.15, -0.1) is 0 Å². The zero-order valence-electron chi connectivity index (χ0n) is 12.6.